The zero-order chi connectivity index (χ0) is 70.0. The first-order chi connectivity index (χ1) is 50.0. The molecule has 0 unspecified atom stereocenters. The summed E-state index contributed by atoms with van der Waals surface area (Å²) in [7, 11) is 0. The van der Waals surface area contributed by atoms with Crippen molar-refractivity contribution in [3.63, 3.8) is 0 Å². The van der Waals surface area contributed by atoms with Gasteiger partial charge in [0.1, 0.15) is 52.1 Å². The number of fused-ring (bicyclic) bond motifs is 6. The third-order valence-electron chi connectivity index (χ3n) is 17.4. The van der Waals surface area contributed by atoms with Crippen LogP contribution in [0.3, 0.4) is 0 Å². The van der Waals surface area contributed by atoms with E-state index in [1.807, 2.05) is 164 Å². The molecular weight excluding hydrogens is 2450 g/mol. The fourth-order valence-corrected chi connectivity index (χ4v) is 12.0. The molecule has 6 aliphatic heterocycles. The molecule has 12 aromatic rings. The Balaban J connectivity index is 0.000000451. The molecule has 0 bridgehead atoms. The van der Waals surface area contributed by atoms with Gasteiger partial charge in [0, 0.05) is 140 Å². The number of nitrogens with zero attached hydrogens (tertiary/aromatic N) is 3. The molecule has 113 heavy (non-hydrogen) atoms. The summed E-state index contributed by atoms with van der Waals surface area (Å²) in [6.45, 7) is 17.5. The maximum atomic E-state index is 5.76. The zero-order valence-electron chi connectivity index (χ0n) is 59.7. The van der Waals surface area contributed by atoms with E-state index >= 15 is 0 Å². The number of benzene rings is 9. The smallest absolute Gasteiger partial charge is 0.324 e. The minimum atomic E-state index is 0. The molecule has 9 heterocycles. The van der Waals surface area contributed by atoms with E-state index < -0.39 is 0 Å². The summed E-state index contributed by atoms with van der Waals surface area (Å²) in [5.74, 6) is 8.88. The van der Waals surface area contributed by atoms with Crippen LogP contribution < -0.4 is 61.2 Å². The van der Waals surface area contributed by atoms with Gasteiger partial charge in [-0.1, -0.05) is 133 Å². The molecule has 0 aliphatic carbocycles. The minimum absolute atomic E-state index is 0. The first-order valence-corrected chi connectivity index (χ1v) is 33.9. The average molecular weight is 2540 g/mol. The number of ether oxygens (including phenoxy) is 6. The van der Waals surface area contributed by atoms with Crippen LogP contribution in [0, 0.1) is 36.5 Å². The standard InChI is InChI=1S/3C14H12BO2.3C13H11BNO2.5CH4.6Re/c3*1-15-14-8-7-13(9-11(14)10-16-15)17-12-5-3-2-4-6-12;3*1-14-12-6-5-11(8-10(12)9-16-14)17-13-4-2-3-7-15-13;;;;;;;;;;;/h3-9H,10H2,1H3;2-3,5-9H,10H2,1H3;2-5,7-9H,10H2,1H3;2,4-8H,9H2,1H3;2-3,5-8H,9H2,1H3;2-6,8H,9H2,1H3;5*1H4;;;;;;/q6*-1;;;;;;;;;;;. The van der Waals surface area contributed by atoms with Gasteiger partial charge in [0.2, 0.25) is 0 Å². The van der Waals surface area contributed by atoms with Crippen LogP contribution in [0.15, 0.2) is 237 Å². The Morgan fingerprint density at radius 3 is 1.06 bits per heavy atom. The molecule has 3 aromatic heterocycles. The van der Waals surface area contributed by atoms with Crippen molar-refractivity contribution in [2.24, 2.45) is 0 Å². The van der Waals surface area contributed by atoms with Crippen LogP contribution in [-0.4, -0.2) is 56.4 Å². The Morgan fingerprint density at radius 1 is 0.301 bits per heavy atom. The second kappa shape index (κ2) is 51.4. The first kappa shape index (κ1) is 102. The number of pyridine rings is 3. The van der Waals surface area contributed by atoms with Gasteiger partial charge in [-0.25, -0.2) is 18.2 Å². The van der Waals surface area contributed by atoms with Crippen molar-refractivity contribution in [1.29, 1.82) is 0 Å². The maximum Gasteiger partial charge on any atom is 0.324 e. The molecule has 0 N–H and O–H groups in total. The Hall–Kier alpha value is -6.65. The van der Waals surface area contributed by atoms with Gasteiger partial charge in [0.05, 0.1) is 39.6 Å². The molecule has 0 saturated carbocycles. The van der Waals surface area contributed by atoms with Crippen LogP contribution in [-0.2, 0) is 190 Å². The van der Waals surface area contributed by atoms with Crippen molar-refractivity contribution in [3.8, 4) is 69.4 Å². The van der Waals surface area contributed by atoms with Crippen molar-refractivity contribution in [1.82, 2.24) is 15.0 Å². The van der Waals surface area contributed by atoms with Crippen LogP contribution in [0.5, 0.6) is 69.4 Å². The monoisotopic (exact) mass is 2540 g/mol. The number of para-hydroxylation sites is 1. The van der Waals surface area contributed by atoms with Gasteiger partial charge >= 0.3 is 41.5 Å². The van der Waals surface area contributed by atoms with Crippen molar-refractivity contribution in [2.45, 2.75) is 118 Å². The summed E-state index contributed by atoms with van der Waals surface area (Å²) in [5, 5.41) is 0. The largest absolute Gasteiger partial charge is 0.517 e. The van der Waals surface area contributed by atoms with E-state index in [0.29, 0.717) is 57.3 Å². The second-order valence-corrected chi connectivity index (χ2v) is 24.5. The Morgan fingerprint density at radius 2 is 0.690 bits per heavy atom. The third-order valence-corrected chi connectivity index (χ3v) is 17.4. The van der Waals surface area contributed by atoms with Gasteiger partial charge in [-0.15, -0.1) is 48.5 Å². The maximum absolute atomic E-state index is 5.76. The van der Waals surface area contributed by atoms with Crippen molar-refractivity contribution in [3.05, 3.63) is 307 Å². The predicted octanol–water partition coefficient (Wildman–Crippen LogP) is 17.2. The van der Waals surface area contributed by atoms with E-state index in [4.69, 9.17) is 56.3 Å². The first-order valence-electron chi connectivity index (χ1n) is 33.9. The van der Waals surface area contributed by atoms with Gasteiger partial charge in [-0.05, 0) is 139 Å². The Labute approximate surface area is 754 Å². The van der Waals surface area contributed by atoms with Crippen LogP contribution in [0.4, 0.5) is 0 Å². The predicted molar refractivity (Wildman–Crippen MR) is 434 cm³/mol. The summed E-state index contributed by atoms with van der Waals surface area (Å²) in [5.41, 5.74) is 14.7. The number of rotatable bonds is 12. The van der Waals surface area contributed by atoms with E-state index in [1.54, 1.807) is 36.7 Å². The summed E-state index contributed by atoms with van der Waals surface area (Å²) >= 11 is 0. The van der Waals surface area contributed by atoms with Crippen LogP contribution in [0.2, 0.25) is 40.9 Å². The Kier molecular flexibility index (Phi) is 46.6. The molecule has 27 heteroatoms. The fraction of sp³-hybridized carbons (Fsp3) is 0.198. The molecule has 9 aromatic carbocycles. The second-order valence-electron chi connectivity index (χ2n) is 24.5. The average Bonchev–Trinajstić information content (AvgIpc) is 1.76. The van der Waals surface area contributed by atoms with Gasteiger partial charge in [-0.3, -0.25) is 9.97 Å². The SMILES string of the molecule is C.C.C.C.C.CB1OCc2cc(Oc3[c-]cccc3)ccc21.CB1OCc2cc(Oc3[c-]cccn3)ccc21.CB1OCc2cc(Oc3c[c-]ccc3)ccc21.CB1OCc2cc(Oc3cc[c-]cc3)ccc21.CB1OCc2cc(Oc3cc[c-]cn3)ccc21.CB1OCc2cc(Oc3ccc[c-]n3)ccc21.[Re].[Re].[Re].[Re].[Re].[Re]. The minimum Gasteiger partial charge on any atom is -0.517 e. The van der Waals surface area contributed by atoms with Crippen LogP contribution >= 0.6 is 0 Å². The van der Waals surface area contributed by atoms with E-state index in [2.05, 4.69) is 129 Å². The van der Waals surface area contributed by atoms with Crippen molar-refractivity contribution in [2.75, 3.05) is 0 Å². The Bertz CT molecular complexity index is 3970. The third kappa shape index (κ3) is 28.9. The van der Waals surface area contributed by atoms with E-state index in [9.17, 15) is 0 Å². The normalized spacial score (nSPS) is 12.3. The molecule has 0 atom stereocenters. The molecule has 0 saturated heterocycles. The topological polar surface area (TPSA) is 149 Å². The van der Waals surface area contributed by atoms with E-state index in [0.717, 1.165) is 51.7 Å². The van der Waals surface area contributed by atoms with E-state index in [1.165, 1.54) is 66.2 Å². The molecule has 18 rings (SSSR count). The summed E-state index contributed by atoms with van der Waals surface area (Å²) < 4.78 is 67.5. The van der Waals surface area contributed by atoms with Gasteiger partial charge in [-0.2, -0.15) is 78.9 Å². The van der Waals surface area contributed by atoms with Gasteiger partial charge < -0.3 is 61.3 Å². The zero-order valence-corrected chi connectivity index (χ0v) is 76.0. The molecule has 15 nitrogen and oxygen atoms in total. The number of hydrogen-bond donors (Lipinski definition) is 0. The molecular formula is C86H89B6N3O12Re6-6. The summed E-state index contributed by atoms with van der Waals surface area (Å²) in [6.07, 6.45) is 6.02. The van der Waals surface area contributed by atoms with E-state index in [-0.39, 0.29) is 201 Å². The molecule has 0 amide bonds. The van der Waals surface area contributed by atoms with Crippen molar-refractivity contribution < 1.29 is 179 Å². The molecule has 0 spiro atoms. The van der Waals surface area contributed by atoms with Crippen LogP contribution in [0.25, 0.3) is 0 Å². The fourth-order valence-electron chi connectivity index (χ4n) is 12.0. The summed E-state index contributed by atoms with van der Waals surface area (Å²) in [6, 6.07) is 86.2. The van der Waals surface area contributed by atoms with Gasteiger partial charge in [0.15, 0.2) is 0 Å². The number of aromatic nitrogens is 3. The van der Waals surface area contributed by atoms with Gasteiger partial charge in [0.25, 0.3) is 0 Å². The molecule has 586 valence electrons. The molecule has 6 aliphatic rings. The molecule has 6 radical (unpaired) electrons. The summed E-state index contributed by atoms with van der Waals surface area (Å²) in [4.78, 5) is 12.2. The molecule has 0 fully saturated rings. The van der Waals surface area contributed by atoms with Crippen molar-refractivity contribution >= 4 is 74.3 Å². The van der Waals surface area contributed by atoms with Crippen LogP contribution in [0.1, 0.15) is 70.5 Å². The number of hydrogen-bond acceptors (Lipinski definition) is 15. The quantitative estimate of drug-likeness (QED) is 0.0843.